The highest BCUT2D eigenvalue weighted by molar-refractivity contribution is 5.71. The first-order valence-electron chi connectivity index (χ1n) is 4.67. The third-order valence-electron chi connectivity index (χ3n) is 2.83. The van der Waals surface area contributed by atoms with Crippen LogP contribution in [-0.2, 0) is 4.79 Å². The average molecular weight is 195 g/mol. The fourth-order valence-corrected chi connectivity index (χ4v) is 1.71. The molecule has 76 valence electrons. The highest BCUT2D eigenvalue weighted by atomic mass is 16.4. The lowest BCUT2D eigenvalue weighted by Gasteiger charge is -2.40. The van der Waals surface area contributed by atoms with Gasteiger partial charge in [0.1, 0.15) is 0 Å². The van der Waals surface area contributed by atoms with Gasteiger partial charge in [0.25, 0.3) is 0 Å². The zero-order chi connectivity index (χ0) is 10.1. The van der Waals surface area contributed by atoms with Crippen molar-refractivity contribution >= 4 is 5.97 Å². The van der Waals surface area contributed by atoms with Crippen LogP contribution < -0.4 is 0 Å². The standard InChI is InChI=1S/C10H13NO3/c1-7(8-2-3-14-6-8)11-4-9(5-11)10(12)13/h2-3,6-7,9H,4-5H2,1H3,(H,12,13). The molecular formula is C10H13NO3. The molecule has 4 nitrogen and oxygen atoms in total. The lowest BCUT2D eigenvalue weighted by atomic mass is 9.96. The van der Waals surface area contributed by atoms with E-state index in [1.54, 1.807) is 12.5 Å². The number of likely N-dealkylation sites (tertiary alicyclic amines) is 1. The maximum absolute atomic E-state index is 10.6. The van der Waals surface area contributed by atoms with E-state index >= 15 is 0 Å². The normalized spacial score (nSPS) is 20.4. The van der Waals surface area contributed by atoms with E-state index in [9.17, 15) is 4.79 Å². The Hall–Kier alpha value is -1.29. The molecule has 4 heteroatoms. The highest BCUT2D eigenvalue weighted by Crippen LogP contribution is 2.28. The van der Waals surface area contributed by atoms with Crippen molar-refractivity contribution in [2.45, 2.75) is 13.0 Å². The van der Waals surface area contributed by atoms with Crippen molar-refractivity contribution in [3.63, 3.8) is 0 Å². The second-order valence-electron chi connectivity index (χ2n) is 3.72. The zero-order valence-electron chi connectivity index (χ0n) is 8.01. The van der Waals surface area contributed by atoms with Gasteiger partial charge in [-0.15, -0.1) is 0 Å². The van der Waals surface area contributed by atoms with Gasteiger partial charge in [0.05, 0.1) is 18.4 Å². The van der Waals surface area contributed by atoms with Gasteiger partial charge in [-0.1, -0.05) is 0 Å². The number of nitrogens with zero attached hydrogens (tertiary/aromatic N) is 1. The molecule has 14 heavy (non-hydrogen) atoms. The lowest BCUT2D eigenvalue weighted by Crippen LogP contribution is -2.51. The molecule has 0 aromatic carbocycles. The SMILES string of the molecule is CC(c1ccoc1)N1CC(C(=O)O)C1. The van der Waals surface area contributed by atoms with Crippen molar-refractivity contribution in [1.82, 2.24) is 4.90 Å². The highest BCUT2D eigenvalue weighted by Gasteiger charge is 2.35. The summed E-state index contributed by atoms with van der Waals surface area (Å²) in [5, 5.41) is 8.72. The van der Waals surface area contributed by atoms with Crippen molar-refractivity contribution in [3.05, 3.63) is 24.2 Å². The van der Waals surface area contributed by atoms with Crippen molar-refractivity contribution in [1.29, 1.82) is 0 Å². The number of furan rings is 1. The molecule has 1 aromatic heterocycles. The van der Waals surface area contributed by atoms with E-state index in [0.717, 1.165) is 5.56 Å². The molecule has 0 amide bonds. The summed E-state index contributed by atoms with van der Waals surface area (Å²) in [6.07, 6.45) is 3.35. The predicted octanol–water partition coefficient (Wildman–Crippen LogP) is 1.36. The van der Waals surface area contributed by atoms with Crippen molar-refractivity contribution in [3.8, 4) is 0 Å². The van der Waals surface area contributed by atoms with Crippen molar-refractivity contribution in [2.24, 2.45) is 5.92 Å². The summed E-state index contributed by atoms with van der Waals surface area (Å²) in [4.78, 5) is 12.7. The number of hydrogen-bond acceptors (Lipinski definition) is 3. The number of rotatable bonds is 3. The molecule has 1 atom stereocenters. The smallest absolute Gasteiger partial charge is 0.309 e. The van der Waals surface area contributed by atoms with Gasteiger partial charge in [-0.3, -0.25) is 9.69 Å². The fourth-order valence-electron chi connectivity index (χ4n) is 1.71. The minimum absolute atomic E-state index is 0.190. The number of carboxylic acids is 1. The molecule has 1 saturated heterocycles. The summed E-state index contributed by atoms with van der Waals surface area (Å²) < 4.78 is 4.99. The number of aliphatic carboxylic acids is 1. The van der Waals surface area contributed by atoms with E-state index in [1.807, 2.05) is 6.07 Å². The monoisotopic (exact) mass is 195 g/mol. The second kappa shape index (κ2) is 3.46. The lowest BCUT2D eigenvalue weighted by molar-refractivity contribution is -0.148. The van der Waals surface area contributed by atoms with Crippen LogP contribution in [0.2, 0.25) is 0 Å². The second-order valence-corrected chi connectivity index (χ2v) is 3.72. The quantitative estimate of drug-likeness (QED) is 0.791. The van der Waals surface area contributed by atoms with Gasteiger partial charge in [0.2, 0.25) is 0 Å². The molecule has 2 rings (SSSR count). The summed E-state index contributed by atoms with van der Waals surface area (Å²) in [5.41, 5.74) is 1.11. The molecular weight excluding hydrogens is 182 g/mol. The van der Waals surface area contributed by atoms with Gasteiger partial charge in [-0.05, 0) is 13.0 Å². The fraction of sp³-hybridized carbons (Fsp3) is 0.500. The predicted molar refractivity (Wildman–Crippen MR) is 49.8 cm³/mol. The first-order valence-corrected chi connectivity index (χ1v) is 4.67. The Morgan fingerprint density at radius 3 is 2.93 bits per heavy atom. The maximum Gasteiger partial charge on any atom is 0.309 e. The van der Waals surface area contributed by atoms with Crippen LogP contribution in [0, 0.1) is 5.92 Å². The molecule has 0 bridgehead atoms. The van der Waals surface area contributed by atoms with Gasteiger partial charge < -0.3 is 9.52 Å². The first-order chi connectivity index (χ1) is 6.68. The molecule has 1 unspecified atom stereocenters. The number of carbonyl (C=O) groups is 1. The molecule has 1 aromatic rings. The van der Waals surface area contributed by atoms with Gasteiger partial charge in [0, 0.05) is 24.7 Å². The molecule has 1 aliphatic rings. The van der Waals surface area contributed by atoms with Crippen LogP contribution in [0.1, 0.15) is 18.5 Å². The molecule has 0 spiro atoms. The molecule has 2 heterocycles. The van der Waals surface area contributed by atoms with Crippen LogP contribution >= 0.6 is 0 Å². The topological polar surface area (TPSA) is 53.7 Å². The van der Waals surface area contributed by atoms with Crippen LogP contribution in [0.4, 0.5) is 0 Å². The van der Waals surface area contributed by atoms with E-state index in [0.29, 0.717) is 13.1 Å². The Labute approximate surface area is 82.1 Å². The van der Waals surface area contributed by atoms with Crippen LogP contribution in [0.15, 0.2) is 23.0 Å². The largest absolute Gasteiger partial charge is 0.481 e. The van der Waals surface area contributed by atoms with Crippen LogP contribution in [0.5, 0.6) is 0 Å². The average Bonchev–Trinajstić information content (AvgIpc) is 2.51. The molecule has 1 aliphatic heterocycles. The summed E-state index contributed by atoms with van der Waals surface area (Å²) in [5.74, 6) is -0.884. The van der Waals surface area contributed by atoms with Gasteiger partial charge in [-0.2, -0.15) is 0 Å². The van der Waals surface area contributed by atoms with Gasteiger partial charge in [0.15, 0.2) is 0 Å². The molecule has 0 aliphatic carbocycles. The molecule has 0 saturated carbocycles. The molecule has 0 radical (unpaired) electrons. The van der Waals surface area contributed by atoms with Crippen LogP contribution in [-0.4, -0.2) is 29.1 Å². The molecule has 1 N–H and O–H groups in total. The van der Waals surface area contributed by atoms with Crippen molar-refractivity contribution in [2.75, 3.05) is 13.1 Å². The minimum Gasteiger partial charge on any atom is -0.481 e. The molecule has 1 fully saturated rings. The maximum atomic E-state index is 10.6. The Bertz CT molecular complexity index is 314. The Morgan fingerprint density at radius 1 is 1.71 bits per heavy atom. The number of carboxylic acid groups (broad SMARTS) is 1. The van der Waals surface area contributed by atoms with E-state index < -0.39 is 5.97 Å². The Balaban J connectivity index is 1.91. The Morgan fingerprint density at radius 2 is 2.43 bits per heavy atom. The number of hydrogen-bond donors (Lipinski definition) is 1. The summed E-state index contributed by atoms with van der Waals surface area (Å²) >= 11 is 0. The minimum atomic E-state index is -0.694. The van der Waals surface area contributed by atoms with Gasteiger partial charge >= 0.3 is 5.97 Å². The summed E-state index contributed by atoms with van der Waals surface area (Å²) in [6.45, 7) is 3.34. The van der Waals surface area contributed by atoms with E-state index in [2.05, 4.69) is 11.8 Å². The third kappa shape index (κ3) is 1.53. The Kier molecular flexibility index (Phi) is 2.29. The third-order valence-corrected chi connectivity index (χ3v) is 2.83. The summed E-state index contributed by atoms with van der Waals surface area (Å²) in [6, 6.07) is 2.17. The van der Waals surface area contributed by atoms with E-state index in [4.69, 9.17) is 9.52 Å². The van der Waals surface area contributed by atoms with Gasteiger partial charge in [-0.25, -0.2) is 0 Å². The van der Waals surface area contributed by atoms with E-state index in [-0.39, 0.29) is 12.0 Å². The van der Waals surface area contributed by atoms with Crippen LogP contribution in [0.3, 0.4) is 0 Å². The van der Waals surface area contributed by atoms with Crippen LogP contribution in [0.25, 0.3) is 0 Å². The van der Waals surface area contributed by atoms with Crippen molar-refractivity contribution < 1.29 is 14.3 Å². The first kappa shape index (κ1) is 9.27. The van der Waals surface area contributed by atoms with E-state index in [1.165, 1.54) is 0 Å². The zero-order valence-corrected chi connectivity index (χ0v) is 8.01. The summed E-state index contributed by atoms with van der Waals surface area (Å²) in [7, 11) is 0.